The van der Waals surface area contributed by atoms with E-state index in [2.05, 4.69) is 21.2 Å². The van der Waals surface area contributed by atoms with Gasteiger partial charge in [0.15, 0.2) is 5.11 Å². The number of sulfonamides is 1. The molecule has 1 N–H and O–H groups in total. The number of hydrogen-bond acceptors (Lipinski definition) is 4. The molecule has 2 aliphatic heterocycles. The van der Waals surface area contributed by atoms with E-state index in [9.17, 15) is 8.42 Å². The van der Waals surface area contributed by atoms with Crippen LogP contribution in [-0.2, 0) is 14.8 Å². The molecule has 0 unspecified atom stereocenters. The summed E-state index contributed by atoms with van der Waals surface area (Å²) in [6.45, 7) is 3.57. The summed E-state index contributed by atoms with van der Waals surface area (Å²) in [5.41, 5.74) is 0. The second kappa shape index (κ2) is 8.30. The van der Waals surface area contributed by atoms with Gasteiger partial charge in [-0.1, -0.05) is 22.0 Å². The molecule has 25 heavy (non-hydrogen) atoms. The van der Waals surface area contributed by atoms with Crippen LogP contribution in [0.15, 0.2) is 33.6 Å². The lowest BCUT2D eigenvalue weighted by molar-refractivity contribution is 0.113. The molecule has 0 aliphatic carbocycles. The van der Waals surface area contributed by atoms with E-state index in [0.717, 1.165) is 30.5 Å². The quantitative estimate of drug-likeness (QED) is 0.710. The van der Waals surface area contributed by atoms with Crippen molar-refractivity contribution in [3.8, 4) is 0 Å². The van der Waals surface area contributed by atoms with Crippen LogP contribution < -0.4 is 5.32 Å². The molecule has 0 aromatic heterocycles. The van der Waals surface area contributed by atoms with Crippen molar-refractivity contribution in [2.24, 2.45) is 0 Å². The van der Waals surface area contributed by atoms with Gasteiger partial charge in [-0.15, -0.1) is 0 Å². The van der Waals surface area contributed by atoms with Gasteiger partial charge in [0.25, 0.3) is 0 Å². The standard InChI is InChI=1S/C16H22BrN3O3S2/c17-13-3-1-5-15(11-13)25(21,22)20-8-6-19(7-9-20)16(24)18-12-14-4-2-10-23-14/h1,3,5,11,14H,2,4,6-10,12H2,(H,18,24)/t14-/m1/s1. The Morgan fingerprint density at radius 1 is 1.32 bits per heavy atom. The first-order valence-corrected chi connectivity index (χ1v) is 11.0. The van der Waals surface area contributed by atoms with Gasteiger partial charge in [-0.05, 0) is 43.3 Å². The molecule has 1 aromatic carbocycles. The topological polar surface area (TPSA) is 61.9 Å². The Balaban J connectivity index is 1.53. The third-order valence-electron chi connectivity index (χ3n) is 4.46. The molecule has 1 aromatic rings. The average Bonchev–Trinajstić information content (AvgIpc) is 3.13. The Labute approximate surface area is 162 Å². The summed E-state index contributed by atoms with van der Waals surface area (Å²) in [4.78, 5) is 2.34. The number of benzene rings is 1. The van der Waals surface area contributed by atoms with Crippen molar-refractivity contribution in [2.75, 3.05) is 39.3 Å². The molecule has 2 heterocycles. The molecule has 0 saturated carbocycles. The third-order valence-corrected chi connectivity index (χ3v) is 7.26. The maximum Gasteiger partial charge on any atom is 0.243 e. The van der Waals surface area contributed by atoms with Gasteiger partial charge in [0, 0.05) is 43.8 Å². The van der Waals surface area contributed by atoms with Gasteiger partial charge in [0.2, 0.25) is 10.0 Å². The molecular weight excluding hydrogens is 426 g/mol. The van der Waals surface area contributed by atoms with Crippen molar-refractivity contribution in [3.05, 3.63) is 28.7 Å². The van der Waals surface area contributed by atoms with E-state index in [1.165, 1.54) is 4.31 Å². The molecule has 0 bridgehead atoms. The predicted octanol–water partition coefficient (Wildman–Crippen LogP) is 1.81. The number of rotatable bonds is 4. The van der Waals surface area contributed by atoms with E-state index < -0.39 is 10.0 Å². The highest BCUT2D eigenvalue weighted by Gasteiger charge is 2.29. The van der Waals surface area contributed by atoms with Gasteiger partial charge in [-0.25, -0.2) is 8.42 Å². The first kappa shape index (κ1) is 19.0. The molecule has 2 fully saturated rings. The summed E-state index contributed by atoms with van der Waals surface area (Å²) >= 11 is 8.76. The van der Waals surface area contributed by atoms with Crippen LogP contribution in [0.4, 0.5) is 0 Å². The first-order valence-electron chi connectivity index (χ1n) is 8.37. The Bertz CT molecular complexity index is 715. The van der Waals surface area contributed by atoms with Crippen LogP contribution in [0.5, 0.6) is 0 Å². The van der Waals surface area contributed by atoms with Crippen LogP contribution in [0, 0.1) is 0 Å². The van der Waals surface area contributed by atoms with E-state index in [1.54, 1.807) is 18.2 Å². The Morgan fingerprint density at radius 3 is 2.72 bits per heavy atom. The fourth-order valence-electron chi connectivity index (χ4n) is 3.03. The smallest absolute Gasteiger partial charge is 0.243 e. The number of nitrogens with one attached hydrogen (secondary N) is 1. The lowest BCUT2D eigenvalue weighted by atomic mass is 10.2. The van der Waals surface area contributed by atoms with E-state index in [1.807, 2.05) is 11.0 Å². The molecule has 2 aliphatic rings. The van der Waals surface area contributed by atoms with Crippen LogP contribution in [0.1, 0.15) is 12.8 Å². The second-order valence-electron chi connectivity index (χ2n) is 6.17. The molecule has 3 rings (SSSR count). The Kier molecular flexibility index (Phi) is 6.32. The van der Waals surface area contributed by atoms with Gasteiger partial charge in [0.05, 0.1) is 11.0 Å². The van der Waals surface area contributed by atoms with Gasteiger partial charge in [-0.3, -0.25) is 0 Å². The van der Waals surface area contributed by atoms with Crippen LogP contribution in [-0.4, -0.2) is 68.2 Å². The zero-order chi connectivity index (χ0) is 17.9. The molecule has 1 atom stereocenters. The summed E-state index contributed by atoms with van der Waals surface area (Å²) in [6.07, 6.45) is 2.40. The SMILES string of the molecule is O=S(=O)(c1cccc(Br)c1)N1CCN(C(=S)NC[C@H]2CCCO2)CC1. The largest absolute Gasteiger partial charge is 0.376 e. The average molecular weight is 448 g/mol. The highest BCUT2D eigenvalue weighted by Crippen LogP contribution is 2.21. The lowest BCUT2D eigenvalue weighted by Gasteiger charge is -2.35. The molecule has 0 amide bonds. The zero-order valence-corrected chi connectivity index (χ0v) is 17.1. The first-order chi connectivity index (χ1) is 12.0. The van der Waals surface area contributed by atoms with Crippen molar-refractivity contribution in [1.82, 2.24) is 14.5 Å². The van der Waals surface area contributed by atoms with Crippen molar-refractivity contribution >= 4 is 43.3 Å². The monoisotopic (exact) mass is 447 g/mol. The summed E-state index contributed by atoms with van der Waals surface area (Å²) in [6, 6.07) is 6.81. The summed E-state index contributed by atoms with van der Waals surface area (Å²) in [7, 11) is -3.47. The number of thiocarbonyl (C=S) groups is 1. The van der Waals surface area contributed by atoms with Gasteiger partial charge < -0.3 is 15.0 Å². The van der Waals surface area contributed by atoms with Crippen molar-refractivity contribution in [2.45, 2.75) is 23.8 Å². The summed E-state index contributed by atoms with van der Waals surface area (Å²) in [5.74, 6) is 0. The molecular formula is C16H22BrN3O3S2. The third kappa shape index (κ3) is 4.71. The normalized spacial score (nSPS) is 22.1. The highest BCUT2D eigenvalue weighted by molar-refractivity contribution is 9.10. The number of halogens is 1. The zero-order valence-electron chi connectivity index (χ0n) is 13.9. The van der Waals surface area contributed by atoms with Crippen LogP contribution in [0.2, 0.25) is 0 Å². The minimum absolute atomic E-state index is 0.233. The van der Waals surface area contributed by atoms with Crippen molar-refractivity contribution in [3.63, 3.8) is 0 Å². The van der Waals surface area contributed by atoms with E-state index in [4.69, 9.17) is 17.0 Å². The summed E-state index contributed by atoms with van der Waals surface area (Å²) in [5, 5.41) is 3.92. The molecule has 2 saturated heterocycles. The van der Waals surface area contributed by atoms with Crippen molar-refractivity contribution < 1.29 is 13.2 Å². The van der Waals surface area contributed by atoms with Crippen molar-refractivity contribution in [1.29, 1.82) is 0 Å². The predicted molar refractivity (Wildman–Crippen MR) is 104 cm³/mol. The van der Waals surface area contributed by atoms with E-state index in [-0.39, 0.29) is 6.10 Å². The van der Waals surface area contributed by atoms with Gasteiger partial charge in [-0.2, -0.15) is 4.31 Å². The van der Waals surface area contributed by atoms with Gasteiger partial charge >= 0.3 is 0 Å². The minimum Gasteiger partial charge on any atom is -0.376 e. The van der Waals surface area contributed by atoms with Crippen LogP contribution >= 0.6 is 28.1 Å². The van der Waals surface area contributed by atoms with Crippen LogP contribution in [0.3, 0.4) is 0 Å². The number of hydrogen-bond donors (Lipinski definition) is 1. The van der Waals surface area contributed by atoms with E-state index >= 15 is 0 Å². The lowest BCUT2D eigenvalue weighted by Crippen LogP contribution is -2.53. The molecule has 0 spiro atoms. The maximum absolute atomic E-state index is 12.7. The molecule has 138 valence electrons. The fraction of sp³-hybridized carbons (Fsp3) is 0.562. The maximum atomic E-state index is 12.7. The fourth-order valence-corrected chi connectivity index (χ4v) is 5.31. The Morgan fingerprint density at radius 2 is 2.08 bits per heavy atom. The van der Waals surface area contributed by atoms with Gasteiger partial charge in [0.1, 0.15) is 0 Å². The minimum atomic E-state index is -3.47. The molecule has 6 nitrogen and oxygen atoms in total. The Hall–Kier alpha value is -0.740. The summed E-state index contributed by atoms with van der Waals surface area (Å²) < 4.78 is 33.3. The molecule has 9 heteroatoms. The number of ether oxygens (including phenoxy) is 1. The second-order valence-corrected chi connectivity index (χ2v) is 9.41. The number of piperazine rings is 1. The molecule has 0 radical (unpaired) electrons. The van der Waals surface area contributed by atoms with Crippen LogP contribution in [0.25, 0.3) is 0 Å². The highest BCUT2D eigenvalue weighted by atomic mass is 79.9. The van der Waals surface area contributed by atoms with E-state index in [0.29, 0.717) is 36.2 Å². The number of nitrogens with zero attached hydrogens (tertiary/aromatic N) is 2.